The van der Waals surface area contributed by atoms with Crippen molar-refractivity contribution >= 4 is 23.3 Å². The lowest BCUT2D eigenvalue weighted by molar-refractivity contribution is 0.0151. The second-order valence-corrected chi connectivity index (χ2v) is 5.25. The lowest BCUT2D eigenvalue weighted by atomic mass is 9.57. The van der Waals surface area contributed by atoms with E-state index in [0.717, 1.165) is 25.7 Å². The van der Waals surface area contributed by atoms with Crippen molar-refractivity contribution in [1.82, 2.24) is 4.90 Å². The van der Waals surface area contributed by atoms with Crippen LogP contribution in [0.4, 0.5) is 4.79 Å². The second-order valence-electron chi connectivity index (χ2n) is 4.78. The summed E-state index contributed by atoms with van der Waals surface area (Å²) < 4.78 is 0. The molecule has 4 nitrogen and oxygen atoms in total. The Morgan fingerprint density at radius 2 is 1.93 bits per heavy atom. The number of carboxylic acid groups (broad SMARTS) is 1. The van der Waals surface area contributed by atoms with Gasteiger partial charge in [0, 0.05) is 19.0 Å². The zero-order valence-corrected chi connectivity index (χ0v) is 9.42. The van der Waals surface area contributed by atoms with Gasteiger partial charge in [-0.05, 0) is 31.1 Å². The van der Waals surface area contributed by atoms with Crippen molar-refractivity contribution in [2.45, 2.75) is 25.7 Å². The van der Waals surface area contributed by atoms with Gasteiger partial charge in [0.15, 0.2) is 0 Å². The molecule has 3 N–H and O–H groups in total. The molecule has 1 heterocycles. The molecular weight excluding hydrogens is 212 g/mol. The van der Waals surface area contributed by atoms with Crippen LogP contribution in [0, 0.1) is 11.3 Å². The first-order chi connectivity index (χ1) is 7.02. The Morgan fingerprint density at radius 3 is 2.33 bits per heavy atom. The Hall–Kier alpha value is -0.840. The summed E-state index contributed by atoms with van der Waals surface area (Å²) in [6.45, 7) is 1.33. The zero-order valence-electron chi connectivity index (χ0n) is 8.61. The summed E-state index contributed by atoms with van der Waals surface area (Å²) >= 11 is 4.96. The maximum atomic E-state index is 10.7. The van der Waals surface area contributed by atoms with E-state index in [-0.39, 0.29) is 0 Å². The van der Waals surface area contributed by atoms with E-state index in [1.54, 1.807) is 0 Å². The number of rotatable bonds is 1. The highest BCUT2D eigenvalue weighted by Crippen LogP contribution is 2.52. The molecule has 0 radical (unpaired) electrons. The molecule has 0 aromatic heterocycles. The molecule has 0 unspecified atom stereocenters. The third-order valence-electron chi connectivity index (χ3n) is 3.86. The summed E-state index contributed by atoms with van der Waals surface area (Å²) in [6, 6.07) is 0. The molecule has 5 heteroatoms. The molecule has 1 saturated carbocycles. The van der Waals surface area contributed by atoms with Crippen molar-refractivity contribution in [1.29, 1.82) is 0 Å². The van der Waals surface area contributed by atoms with Gasteiger partial charge in [-0.3, -0.25) is 0 Å². The fraction of sp³-hybridized carbons (Fsp3) is 0.800. The SMILES string of the molecule is NC(=S)C1CC2(CCN(C(=O)O)CC2)C1. The van der Waals surface area contributed by atoms with E-state index < -0.39 is 6.09 Å². The highest BCUT2D eigenvalue weighted by molar-refractivity contribution is 7.80. The molecule has 2 rings (SSSR count). The lowest BCUT2D eigenvalue weighted by Gasteiger charge is -2.51. The maximum Gasteiger partial charge on any atom is 0.407 e. The van der Waals surface area contributed by atoms with E-state index in [2.05, 4.69) is 0 Å². The van der Waals surface area contributed by atoms with E-state index in [4.69, 9.17) is 23.1 Å². The Morgan fingerprint density at radius 1 is 1.40 bits per heavy atom. The number of carbonyl (C=O) groups is 1. The minimum Gasteiger partial charge on any atom is -0.465 e. The van der Waals surface area contributed by atoms with Gasteiger partial charge in [-0.15, -0.1) is 0 Å². The first kappa shape index (κ1) is 10.7. The Balaban J connectivity index is 1.85. The summed E-state index contributed by atoms with van der Waals surface area (Å²) in [4.78, 5) is 12.9. The van der Waals surface area contributed by atoms with E-state index in [1.165, 1.54) is 4.90 Å². The van der Waals surface area contributed by atoms with Gasteiger partial charge in [-0.25, -0.2) is 4.79 Å². The number of hydrogen-bond donors (Lipinski definition) is 2. The monoisotopic (exact) mass is 228 g/mol. The number of piperidine rings is 1. The van der Waals surface area contributed by atoms with Crippen LogP contribution in [0.1, 0.15) is 25.7 Å². The number of hydrogen-bond acceptors (Lipinski definition) is 2. The number of nitrogens with two attached hydrogens (primary N) is 1. The lowest BCUT2D eigenvalue weighted by Crippen LogP contribution is -2.50. The third kappa shape index (κ3) is 1.93. The minimum atomic E-state index is -0.796. The molecule has 1 saturated heterocycles. The molecule has 0 aromatic rings. The first-order valence-electron chi connectivity index (χ1n) is 5.30. The van der Waals surface area contributed by atoms with Crippen LogP contribution in [0.2, 0.25) is 0 Å². The number of nitrogens with zero attached hydrogens (tertiary/aromatic N) is 1. The standard InChI is InChI=1S/C10H16N2O2S/c11-8(15)7-5-10(6-7)1-3-12(4-2-10)9(13)14/h7H,1-6H2,(H2,11,15)(H,13,14). The quantitative estimate of drug-likeness (QED) is 0.666. The van der Waals surface area contributed by atoms with Gasteiger partial charge in [0.05, 0.1) is 4.99 Å². The molecule has 1 aliphatic carbocycles. The van der Waals surface area contributed by atoms with Crippen LogP contribution in [0.25, 0.3) is 0 Å². The van der Waals surface area contributed by atoms with Crippen LogP contribution < -0.4 is 5.73 Å². The Labute approximate surface area is 94.4 Å². The molecule has 15 heavy (non-hydrogen) atoms. The molecule has 0 bridgehead atoms. The van der Waals surface area contributed by atoms with Crippen LogP contribution in [-0.2, 0) is 0 Å². The van der Waals surface area contributed by atoms with Gasteiger partial charge in [0.1, 0.15) is 0 Å². The van der Waals surface area contributed by atoms with Crippen molar-refractivity contribution in [3.63, 3.8) is 0 Å². The molecule has 1 aliphatic heterocycles. The molecule has 0 atom stereocenters. The second kappa shape index (κ2) is 3.63. The molecule has 2 aliphatic rings. The van der Waals surface area contributed by atoms with Crippen LogP contribution in [0.5, 0.6) is 0 Å². The molecule has 2 fully saturated rings. The predicted octanol–water partition coefficient (Wildman–Crippen LogP) is 1.44. The summed E-state index contributed by atoms with van der Waals surface area (Å²) in [6.07, 6.45) is 3.28. The van der Waals surface area contributed by atoms with Crippen molar-refractivity contribution in [2.75, 3.05) is 13.1 Å². The minimum absolute atomic E-state index is 0.347. The molecule has 1 spiro atoms. The van der Waals surface area contributed by atoms with Crippen molar-refractivity contribution in [3.8, 4) is 0 Å². The van der Waals surface area contributed by atoms with Crippen LogP contribution in [0.15, 0.2) is 0 Å². The fourth-order valence-electron chi connectivity index (χ4n) is 2.77. The van der Waals surface area contributed by atoms with E-state index in [9.17, 15) is 4.79 Å². The summed E-state index contributed by atoms with van der Waals surface area (Å²) in [5.74, 6) is 0.399. The van der Waals surface area contributed by atoms with Crippen LogP contribution in [0.3, 0.4) is 0 Å². The predicted molar refractivity (Wildman–Crippen MR) is 60.8 cm³/mol. The number of thiocarbonyl (C=S) groups is 1. The summed E-state index contributed by atoms with van der Waals surface area (Å²) in [7, 11) is 0. The molecule has 84 valence electrons. The number of likely N-dealkylation sites (tertiary alicyclic amines) is 1. The van der Waals surface area contributed by atoms with Crippen LogP contribution in [-0.4, -0.2) is 34.2 Å². The van der Waals surface area contributed by atoms with Gasteiger partial charge in [-0.2, -0.15) is 0 Å². The van der Waals surface area contributed by atoms with Gasteiger partial charge < -0.3 is 15.7 Å². The van der Waals surface area contributed by atoms with E-state index in [1.807, 2.05) is 0 Å². The zero-order chi connectivity index (χ0) is 11.1. The summed E-state index contributed by atoms with van der Waals surface area (Å²) in [5, 5.41) is 8.82. The van der Waals surface area contributed by atoms with Crippen molar-refractivity contribution < 1.29 is 9.90 Å². The Bertz CT molecular complexity index is 290. The summed E-state index contributed by atoms with van der Waals surface area (Å²) in [5.41, 5.74) is 5.94. The van der Waals surface area contributed by atoms with Crippen molar-refractivity contribution in [3.05, 3.63) is 0 Å². The van der Waals surface area contributed by atoms with E-state index in [0.29, 0.717) is 29.4 Å². The highest BCUT2D eigenvalue weighted by Gasteiger charge is 2.47. The van der Waals surface area contributed by atoms with Crippen LogP contribution >= 0.6 is 12.2 Å². The maximum absolute atomic E-state index is 10.7. The van der Waals surface area contributed by atoms with Gasteiger partial charge in [0.2, 0.25) is 0 Å². The molecule has 0 aromatic carbocycles. The smallest absolute Gasteiger partial charge is 0.407 e. The number of amides is 1. The topological polar surface area (TPSA) is 66.6 Å². The largest absolute Gasteiger partial charge is 0.465 e. The highest BCUT2D eigenvalue weighted by atomic mass is 32.1. The average Bonchev–Trinajstić information content (AvgIpc) is 2.13. The Kier molecular flexibility index (Phi) is 2.58. The third-order valence-corrected chi connectivity index (χ3v) is 4.19. The molecular formula is C10H16N2O2S. The van der Waals surface area contributed by atoms with Gasteiger partial charge >= 0.3 is 6.09 Å². The van der Waals surface area contributed by atoms with E-state index >= 15 is 0 Å². The van der Waals surface area contributed by atoms with Crippen molar-refractivity contribution in [2.24, 2.45) is 17.1 Å². The average molecular weight is 228 g/mol. The fourth-order valence-corrected chi connectivity index (χ4v) is 2.93. The first-order valence-corrected chi connectivity index (χ1v) is 5.70. The van der Waals surface area contributed by atoms with Gasteiger partial charge in [0.25, 0.3) is 0 Å². The molecule has 1 amide bonds. The van der Waals surface area contributed by atoms with Gasteiger partial charge in [-0.1, -0.05) is 12.2 Å². The normalized spacial score (nSPS) is 24.9.